The molecule has 0 saturated carbocycles. The molecule has 31 heavy (non-hydrogen) atoms. The molecule has 166 valence electrons. The number of alkyl halides is 3. The highest BCUT2D eigenvalue weighted by atomic mass is 35.5. The first-order valence-electron chi connectivity index (χ1n) is 10.1. The third-order valence-electron chi connectivity index (χ3n) is 6.00. The smallest absolute Gasteiger partial charge is 0.420 e. The lowest BCUT2D eigenvalue weighted by molar-refractivity contribution is -0.138. The van der Waals surface area contributed by atoms with E-state index in [0.29, 0.717) is 49.9 Å². The second kappa shape index (κ2) is 8.22. The summed E-state index contributed by atoms with van der Waals surface area (Å²) in [6, 6.07) is 5.88. The van der Waals surface area contributed by atoms with Gasteiger partial charge in [-0.25, -0.2) is 4.98 Å². The fourth-order valence-electron chi connectivity index (χ4n) is 4.27. The Balaban J connectivity index is 1.36. The quantitative estimate of drug-likeness (QED) is 0.640. The number of nitrogens with zero attached hydrogens (tertiary/aromatic N) is 3. The molecular weight excluding hydrogens is 431 g/mol. The third-order valence-corrected chi connectivity index (χ3v) is 6.19. The molecule has 0 atom stereocenters. The molecule has 0 unspecified atom stereocenters. The molecule has 0 bridgehead atoms. The number of amides is 1. The molecule has 1 fully saturated rings. The molecule has 5 nitrogen and oxygen atoms in total. The topological polar surface area (TPSA) is 45.7 Å². The van der Waals surface area contributed by atoms with Gasteiger partial charge in [0.15, 0.2) is 0 Å². The highest BCUT2D eigenvalue weighted by Crippen LogP contribution is 2.40. The Morgan fingerprint density at radius 2 is 2.03 bits per heavy atom. The van der Waals surface area contributed by atoms with E-state index in [0.717, 1.165) is 22.9 Å². The molecule has 1 aromatic carbocycles. The summed E-state index contributed by atoms with van der Waals surface area (Å²) < 4.78 is 44.6. The van der Waals surface area contributed by atoms with Crippen molar-refractivity contribution in [1.29, 1.82) is 0 Å². The number of carbonyl (C=O) groups is 1. The number of carbonyl (C=O) groups excluding carboxylic acids is 1. The van der Waals surface area contributed by atoms with Gasteiger partial charge in [0.25, 0.3) is 0 Å². The van der Waals surface area contributed by atoms with E-state index >= 15 is 0 Å². The van der Waals surface area contributed by atoms with Crippen LogP contribution in [0.3, 0.4) is 0 Å². The number of ether oxygens (including phenoxy) is 1. The zero-order valence-corrected chi connectivity index (χ0v) is 18.1. The van der Waals surface area contributed by atoms with Gasteiger partial charge in [0, 0.05) is 56.3 Å². The fourth-order valence-corrected chi connectivity index (χ4v) is 4.53. The maximum Gasteiger partial charge on any atom is 0.420 e. The van der Waals surface area contributed by atoms with Crippen LogP contribution < -0.4 is 9.64 Å². The van der Waals surface area contributed by atoms with Gasteiger partial charge in [-0.2, -0.15) is 13.2 Å². The summed E-state index contributed by atoms with van der Waals surface area (Å²) >= 11 is 6.03. The number of aromatic nitrogens is 1. The second-order valence-electron chi connectivity index (χ2n) is 8.11. The predicted octanol–water partition coefficient (Wildman–Crippen LogP) is 4.48. The normalized spacial score (nSPS) is 16.7. The number of halogens is 4. The number of rotatable bonds is 4. The average Bonchev–Trinajstić information content (AvgIpc) is 2.68. The van der Waals surface area contributed by atoms with E-state index in [1.165, 1.54) is 13.2 Å². The van der Waals surface area contributed by atoms with Crippen LogP contribution in [0.1, 0.15) is 28.8 Å². The highest BCUT2D eigenvalue weighted by molar-refractivity contribution is 6.29. The molecule has 9 heteroatoms. The summed E-state index contributed by atoms with van der Waals surface area (Å²) in [4.78, 5) is 20.9. The lowest BCUT2D eigenvalue weighted by Gasteiger charge is -2.42. The molecule has 2 aliphatic rings. The van der Waals surface area contributed by atoms with Gasteiger partial charge in [0.1, 0.15) is 10.9 Å². The van der Waals surface area contributed by atoms with Crippen LogP contribution in [-0.4, -0.2) is 42.5 Å². The van der Waals surface area contributed by atoms with Crippen molar-refractivity contribution in [3.05, 3.63) is 51.8 Å². The Labute approximate surface area is 183 Å². The molecule has 0 aliphatic carbocycles. The van der Waals surface area contributed by atoms with E-state index in [2.05, 4.69) is 4.98 Å². The van der Waals surface area contributed by atoms with Crippen LogP contribution in [0.4, 0.5) is 18.9 Å². The molecule has 2 aliphatic heterocycles. The van der Waals surface area contributed by atoms with E-state index in [4.69, 9.17) is 16.3 Å². The molecule has 0 spiro atoms. The van der Waals surface area contributed by atoms with E-state index in [-0.39, 0.29) is 17.6 Å². The molecule has 1 amide bonds. The SMILES string of the molecule is COc1ccc(N2CC(CC(=O)N3CCc4nc(Cl)cc(C)c4C3)C2)cc1C(F)(F)F. The van der Waals surface area contributed by atoms with E-state index in [9.17, 15) is 18.0 Å². The fraction of sp³-hybridized carbons (Fsp3) is 0.455. The van der Waals surface area contributed by atoms with Crippen molar-refractivity contribution in [3.8, 4) is 5.75 Å². The average molecular weight is 454 g/mol. The zero-order chi connectivity index (χ0) is 22.3. The van der Waals surface area contributed by atoms with Crippen molar-refractivity contribution < 1.29 is 22.7 Å². The van der Waals surface area contributed by atoms with E-state index < -0.39 is 11.7 Å². The van der Waals surface area contributed by atoms with Crippen LogP contribution in [0.25, 0.3) is 0 Å². The first-order valence-corrected chi connectivity index (χ1v) is 10.5. The van der Waals surface area contributed by atoms with Gasteiger partial charge in [-0.1, -0.05) is 11.6 Å². The van der Waals surface area contributed by atoms with Gasteiger partial charge in [-0.3, -0.25) is 4.79 Å². The molecule has 0 N–H and O–H groups in total. The summed E-state index contributed by atoms with van der Waals surface area (Å²) in [7, 11) is 1.22. The van der Waals surface area contributed by atoms with Gasteiger partial charge in [-0.15, -0.1) is 0 Å². The molecule has 3 heterocycles. The number of pyridine rings is 1. The molecule has 4 rings (SSSR count). The van der Waals surface area contributed by atoms with Gasteiger partial charge in [-0.05, 0) is 42.3 Å². The van der Waals surface area contributed by atoms with E-state index in [1.807, 2.05) is 22.8 Å². The highest BCUT2D eigenvalue weighted by Gasteiger charge is 2.37. The van der Waals surface area contributed by atoms with Crippen molar-refractivity contribution in [2.24, 2.45) is 5.92 Å². The summed E-state index contributed by atoms with van der Waals surface area (Å²) in [6.45, 7) is 4.19. The van der Waals surface area contributed by atoms with Crippen molar-refractivity contribution in [2.75, 3.05) is 31.6 Å². The summed E-state index contributed by atoms with van der Waals surface area (Å²) in [6.07, 6.45) is -3.43. The van der Waals surface area contributed by atoms with Crippen LogP contribution in [0.15, 0.2) is 24.3 Å². The Bertz CT molecular complexity index is 1010. The van der Waals surface area contributed by atoms with Crippen LogP contribution in [0.2, 0.25) is 5.15 Å². The summed E-state index contributed by atoms with van der Waals surface area (Å²) in [5.41, 5.74) is 2.73. The Hall–Kier alpha value is -2.48. The van der Waals surface area contributed by atoms with Crippen LogP contribution in [0, 0.1) is 12.8 Å². The number of aryl methyl sites for hydroxylation is 1. The maximum atomic E-state index is 13.3. The minimum absolute atomic E-state index is 0.0651. The van der Waals surface area contributed by atoms with Gasteiger partial charge < -0.3 is 14.5 Å². The molecule has 0 radical (unpaired) electrons. The lowest BCUT2D eigenvalue weighted by atomic mass is 9.93. The second-order valence-corrected chi connectivity index (χ2v) is 8.50. The van der Waals surface area contributed by atoms with Crippen molar-refractivity contribution in [2.45, 2.75) is 32.5 Å². The molecule has 1 saturated heterocycles. The zero-order valence-electron chi connectivity index (χ0n) is 17.3. The molecule has 2 aromatic rings. The number of methoxy groups -OCH3 is 1. The predicted molar refractivity (Wildman–Crippen MR) is 111 cm³/mol. The number of benzene rings is 1. The van der Waals surface area contributed by atoms with Crippen LogP contribution in [-0.2, 0) is 23.9 Å². The van der Waals surface area contributed by atoms with Crippen LogP contribution >= 0.6 is 11.6 Å². The lowest BCUT2D eigenvalue weighted by Crippen LogP contribution is -2.49. The number of hydrogen-bond acceptors (Lipinski definition) is 4. The van der Waals surface area contributed by atoms with E-state index in [1.54, 1.807) is 6.07 Å². The molecular formula is C22H23ClF3N3O2. The summed E-state index contributed by atoms with van der Waals surface area (Å²) in [5.74, 6) is -0.00918. The van der Waals surface area contributed by atoms with Crippen LogP contribution in [0.5, 0.6) is 5.75 Å². The maximum absolute atomic E-state index is 13.3. The summed E-state index contributed by atoms with van der Waals surface area (Å²) in [5, 5.41) is 0.470. The Morgan fingerprint density at radius 3 is 2.71 bits per heavy atom. The van der Waals surface area contributed by atoms with Crippen molar-refractivity contribution in [3.63, 3.8) is 0 Å². The third kappa shape index (κ3) is 4.44. The number of anilines is 1. The Morgan fingerprint density at radius 1 is 1.29 bits per heavy atom. The van der Waals surface area contributed by atoms with Gasteiger partial charge in [0.05, 0.1) is 12.7 Å². The van der Waals surface area contributed by atoms with Crippen molar-refractivity contribution in [1.82, 2.24) is 9.88 Å². The minimum Gasteiger partial charge on any atom is -0.496 e. The van der Waals surface area contributed by atoms with Gasteiger partial charge >= 0.3 is 6.18 Å². The van der Waals surface area contributed by atoms with Gasteiger partial charge in [0.2, 0.25) is 5.91 Å². The van der Waals surface area contributed by atoms with Crippen molar-refractivity contribution >= 4 is 23.2 Å². The number of hydrogen-bond donors (Lipinski definition) is 0. The largest absolute Gasteiger partial charge is 0.496 e. The standard InChI is InChI=1S/C22H23ClF3N3O2/c1-13-7-20(23)27-18-5-6-28(12-16(13)18)21(30)8-14-10-29(11-14)15-3-4-19(31-2)17(9-15)22(24,25)26/h3-4,7,9,14H,5-6,8,10-12H2,1-2H3. The monoisotopic (exact) mass is 453 g/mol. The minimum atomic E-state index is -4.48. The first kappa shape index (κ1) is 21.7. The molecule has 1 aromatic heterocycles. The number of fused-ring (bicyclic) bond motifs is 1. The first-order chi connectivity index (χ1) is 14.7. The Kier molecular flexibility index (Phi) is 5.77.